The lowest BCUT2D eigenvalue weighted by Gasteiger charge is -2.08. The van der Waals surface area contributed by atoms with E-state index in [1.165, 1.54) is 11.8 Å². The highest BCUT2D eigenvalue weighted by molar-refractivity contribution is 7.98. The van der Waals surface area contributed by atoms with Gasteiger partial charge in [0.15, 0.2) is 5.16 Å². The Morgan fingerprint density at radius 2 is 2.20 bits per heavy atom. The molecule has 0 radical (unpaired) electrons. The third-order valence-electron chi connectivity index (χ3n) is 2.68. The van der Waals surface area contributed by atoms with Crippen molar-refractivity contribution in [3.63, 3.8) is 0 Å². The van der Waals surface area contributed by atoms with Crippen LogP contribution in [0.2, 0.25) is 0 Å². The van der Waals surface area contributed by atoms with E-state index in [0.717, 1.165) is 11.5 Å². The molecule has 2 aromatic rings. The summed E-state index contributed by atoms with van der Waals surface area (Å²) in [6, 6.07) is 1.95. The second-order valence-electron chi connectivity index (χ2n) is 4.62. The van der Waals surface area contributed by atoms with Crippen molar-refractivity contribution in [2.75, 3.05) is 12.4 Å². The van der Waals surface area contributed by atoms with Gasteiger partial charge in [-0.15, -0.1) is 5.10 Å². The van der Waals surface area contributed by atoms with Crippen LogP contribution in [0.4, 0.5) is 5.82 Å². The van der Waals surface area contributed by atoms with Gasteiger partial charge >= 0.3 is 5.69 Å². The van der Waals surface area contributed by atoms with Gasteiger partial charge < -0.3 is 5.32 Å². The molecule has 0 bridgehead atoms. The van der Waals surface area contributed by atoms with Gasteiger partial charge in [-0.05, 0) is 20.8 Å². The summed E-state index contributed by atoms with van der Waals surface area (Å²) in [7, 11) is 1.82. The number of rotatable bonds is 5. The summed E-state index contributed by atoms with van der Waals surface area (Å²) in [6.07, 6.45) is 0. The number of nitrogens with zero attached hydrogens (tertiary/aromatic N) is 4. The Kier molecular flexibility index (Phi) is 4.43. The van der Waals surface area contributed by atoms with Crippen LogP contribution < -0.4 is 11.0 Å². The second kappa shape index (κ2) is 6.08. The third kappa shape index (κ3) is 3.19. The zero-order valence-electron chi connectivity index (χ0n) is 12.0. The van der Waals surface area contributed by atoms with Gasteiger partial charge in [0.25, 0.3) is 0 Å². The minimum Gasteiger partial charge on any atom is -0.373 e. The van der Waals surface area contributed by atoms with Crippen molar-refractivity contribution in [1.29, 1.82) is 0 Å². The normalized spacial score (nSPS) is 11.1. The van der Waals surface area contributed by atoms with Crippen LogP contribution in [-0.4, -0.2) is 31.8 Å². The summed E-state index contributed by atoms with van der Waals surface area (Å²) in [6.45, 7) is 5.82. The number of anilines is 1. The zero-order chi connectivity index (χ0) is 14.7. The number of aromatic amines is 1. The lowest BCUT2D eigenvalue weighted by molar-refractivity contribution is 0.534. The van der Waals surface area contributed by atoms with E-state index in [-0.39, 0.29) is 11.7 Å². The Bertz CT molecular complexity index is 648. The summed E-state index contributed by atoms with van der Waals surface area (Å²) >= 11 is 1.45. The van der Waals surface area contributed by atoms with Crippen LogP contribution in [0.15, 0.2) is 16.0 Å². The van der Waals surface area contributed by atoms with Crippen LogP contribution in [0.3, 0.4) is 0 Å². The first-order valence-electron chi connectivity index (χ1n) is 6.33. The number of aryl methyl sites for hydroxylation is 1. The molecule has 0 fully saturated rings. The number of aromatic nitrogens is 5. The molecule has 0 aliphatic rings. The molecule has 0 aliphatic heterocycles. The third-order valence-corrected chi connectivity index (χ3v) is 3.62. The predicted molar refractivity (Wildman–Crippen MR) is 79.1 cm³/mol. The lowest BCUT2D eigenvalue weighted by Crippen LogP contribution is -2.19. The van der Waals surface area contributed by atoms with Crippen LogP contribution in [0.1, 0.15) is 31.4 Å². The van der Waals surface area contributed by atoms with E-state index in [9.17, 15) is 4.79 Å². The van der Waals surface area contributed by atoms with Gasteiger partial charge in [-0.25, -0.2) is 19.9 Å². The van der Waals surface area contributed by atoms with E-state index in [1.54, 1.807) is 4.57 Å². The molecule has 2 rings (SSSR count). The van der Waals surface area contributed by atoms with Crippen molar-refractivity contribution in [3.05, 3.63) is 28.1 Å². The van der Waals surface area contributed by atoms with Crippen molar-refractivity contribution in [1.82, 2.24) is 24.7 Å². The molecule has 108 valence electrons. The maximum atomic E-state index is 11.6. The van der Waals surface area contributed by atoms with Crippen molar-refractivity contribution in [3.8, 4) is 0 Å². The van der Waals surface area contributed by atoms with Crippen LogP contribution >= 0.6 is 11.8 Å². The molecule has 7 nitrogen and oxygen atoms in total. The van der Waals surface area contributed by atoms with Crippen LogP contribution in [0.5, 0.6) is 0 Å². The van der Waals surface area contributed by atoms with Crippen LogP contribution in [0, 0.1) is 6.92 Å². The quantitative estimate of drug-likeness (QED) is 0.814. The number of H-pyrrole nitrogens is 1. The molecular formula is C12H18N6OS. The van der Waals surface area contributed by atoms with Gasteiger partial charge in [-0.2, -0.15) is 0 Å². The molecule has 2 heterocycles. The summed E-state index contributed by atoms with van der Waals surface area (Å²) in [4.78, 5) is 20.4. The first kappa shape index (κ1) is 14.6. The first-order valence-corrected chi connectivity index (χ1v) is 7.32. The number of thioether (sulfide) groups is 1. The fourth-order valence-corrected chi connectivity index (χ4v) is 2.73. The molecule has 8 heteroatoms. The van der Waals surface area contributed by atoms with Crippen LogP contribution in [0.25, 0.3) is 0 Å². The molecule has 0 aromatic carbocycles. The second-order valence-corrected chi connectivity index (χ2v) is 5.57. The maximum Gasteiger partial charge on any atom is 0.344 e. The van der Waals surface area contributed by atoms with Gasteiger partial charge in [0.05, 0.1) is 5.75 Å². The summed E-state index contributed by atoms with van der Waals surface area (Å²) < 4.78 is 1.62. The molecule has 20 heavy (non-hydrogen) atoms. The molecular weight excluding hydrogens is 276 g/mol. The largest absolute Gasteiger partial charge is 0.373 e. The van der Waals surface area contributed by atoms with E-state index >= 15 is 0 Å². The Balaban J connectivity index is 2.17. The summed E-state index contributed by atoms with van der Waals surface area (Å²) in [5, 5.41) is 10.2. The fourth-order valence-electron chi connectivity index (χ4n) is 1.80. The average molecular weight is 294 g/mol. The van der Waals surface area contributed by atoms with E-state index in [0.29, 0.717) is 16.7 Å². The molecule has 2 N–H and O–H groups in total. The van der Waals surface area contributed by atoms with Gasteiger partial charge in [0.1, 0.15) is 11.6 Å². The Morgan fingerprint density at radius 3 is 2.85 bits per heavy atom. The van der Waals surface area contributed by atoms with Crippen molar-refractivity contribution < 1.29 is 0 Å². The lowest BCUT2D eigenvalue weighted by atomic mass is 10.4. The number of nitrogens with one attached hydrogen (secondary N) is 2. The van der Waals surface area contributed by atoms with Crippen LogP contribution in [-0.2, 0) is 5.75 Å². The standard InChI is InChI=1S/C12H18N6OS/c1-7(2)18-11(19)16-17-12(18)20-6-10-14-8(3)5-9(13-4)15-10/h5,7H,6H2,1-4H3,(H,16,19)(H,13,14,15). The highest BCUT2D eigenvalue weighted by Crippen LogP contribution is 2.21. The number of hydrogen-bond donors (Lipinski definition) is 2. The summed E-state index contributed by atoms with van der Waals surface area (Å²) in [5.74, 6) is 2.06. The smallest absolute Gasteiger partial charge is 0.344 e. The minimum absolute atomic E-state index is 0.0649. The van der Waals surface area contributed by atoms with E-state index in [2.05, 4.69) is 25.5 Å². The molecule has 0 atom stereocenters. The molecule has 0 unspecified atom stereocenters. The zero-order valence-corrected chi connectivity index (χ0v) is 12.8. The van der Waals surface area contributed by atoms with Crippen molar-refractivity contribution >= 4 is 17.6 Å². The molecule has 0 aliphatic carbocycles. The SMILES string of the molecule is CNc1cc(C)nc(CSc2n[nH]c(=O)n2C(C)C)n1. The predicted octanol–water partition coefficient (Wildman–Crippen LogP) is 1.58. The van der Waals surface area contributed by atoms with E-state index in [1.807, 2.05) is 33.9 Å². The van der Waals surface area contributed by atoms with Gasteiger partial charge in [-0.3, -0.25) is 4.57 Å². The molecule has 0 saturated heterocycles. The molecule has 2 aromatic heterocycles. The highest BCUT2D eigenvalue weighted by Gasteiger charge is 2.12. The monoisotopic (exact) mass is 294 g/mol. The summed E-state index contributed by atoms with van der Waals surface area (Å²) in [5.41, 5.74) is 0.715. The van der Waals surface area contributed by atoms with E-state index in [4.69, 9.17) is 0 Å². The molecule has 0 amide bonds. The number of hydrogen-bond acceptors (Lipinski definition) is 6. The first-order chi connectivity index (χ1) is 9.51. The fraction of sp³-hybridized carbons (Fsp3) is 0.500. The van der Waals surface area contributed by atoms with E-state index < -0.39 is 0 Å². The molecule has 0 saturated carbocycles. The van der Waals surface area contributed by atoms with Gasteiger partial charge in [0, 0.05) is 24.8 Å². The average Bonchev–Trinajstić information content (AvgIpc) is 2.77. The van der Waals surface area contributed by atoms with Crippen molar-refractivity contribution in [2.45, 2.75) is 37.7 Å². The topological polar surface area (TPSA) is 88.5 Å². The van der Waals surface area contributed by atoms with Gasteiger partial charge in [-0.1, -0.05) is 11.8 Å². The van der Waals surface area contributed by atoms with Crippen molar-refractivity contribution in [2.24, 2.45) is 0 Å². The Labute approximate surface area is 121 Å². The Hall–Kier alpha value is -1.83. The minimum atomic E-state index is -0.191. The highest BCUT2D eigenvalue weighted by atomic mass is 32.2. The Morgan fingerprint density at radius 1 is 1.45 bits per heavy atom. The maximum absolute atomic E-state index is 11.6. The molecule has 0 spiro atoms. The van der Waals surface area contributed by atoms with Gasteiger partial charge in [0.2, 0.25) is 0 Å².